The van der Waals surface area contributed by atoms with E-state index >= 15 is 0 Å². The number of halogens is 1. The summed E-state index contributed by atoms with van der Waals surface area (Å²) >= 11 is 6.18. The fourth-order valence-electron chi connectivity index (χ4n) is 3.44. The molecule has 23 heavy (non-hydrogen) atoms. The second-order valence-electron chi connectivity index (χ2n) is 5.85. The van der Waals surface area contributed by atoms with Crippen molar-refractivity contribution in [1.29, 1.82) is 0 Å². The summed E-state index contributed by atoms with van der Waals surface area (Å²) in [5, 5.41) is 5.64. The van der Waals surface area contributed by atoms with Gasteiger partial charge in [-0.3, -0.25) is 0 Å². The van der Waals surface area contributed by atoms with Gasteiger partial charge in [0.1, 0.15) is 5.75 Å². The highest BCUT2D eigenvalue weighted by atomic mass is 35.5. The highest BCUT2D eigenvalue weighted by Gasteiger charge is 2.25. The summed E-state index contributed by atoms with van der Waals surface area (Å²) in [6.45, 7) is 3.64. The van der Waals surface area contributed by atoms with Crippen LogP contribution in [0.25, 0.3) is 10.9 Å². The zero-order valence-electron chi connectivity index (χ0n) is 13.0. The number of hydrogen-bond acceptors (Lipinski definition) is 2. The van der Waals surface area contributed by atoms with E-state index in [9.17, 15) is 0 Å². The van der Waals surface area contributed by atoms with Gasteiger partial charge in [0, 0.05) is 28.2 Å². The third-order valence-corrected chi connectivity index (χ3v) is 4.65. The quantitative estimate of drug-likeness (QED) is 0.746. The van der Waals surface area contributed by atoms with Crippen molar-refractivity contribution in [3.8, 4) is 5.75 Å². The van der Waals surface area contributed by atoms with Crippen LogP contribution in [0.15, 0.2) is 42.5 Å². The van der Waals surface area contributed by atoms with Gasteiger partial charge in [-0.2, -0.15) is 0 Å². The minimum atomic E-state index is 0.158. The maximum absolute atomic E-state index is 6.18. The summed E-state index contributed by atoms with van der Waals surface area (Å²) in [5.41, 5.74) is 4.97. The van der Waals surface area contributed by atoms with E-state index in [-0.39, 0.29) is 6.04 Å². The van der Waals surface area contributed by atoms with Crippen molar-refractivity contribution in [2.75, 3.05) is 13.2 Å². The number of fused-ring (bicyclic) bond motifs is 3. The molecule has 0 aliphatic carbocycles. The molecule has 0 bridgehead atoms. The number of benzene rings is 2. The van der Waals surface area contributed by atoms with E-state index in [1.54, 1.807) is 0 Å². The van der Waals surface area contributed by atoms with E-state index in [0.717, 1.165) is 29.3 Å². The minimum Gasteiger partial charge on any atom is -0.494 e. The number of aromatic amines is 1. The Kier molecular flexibility index (Phi) is 3.76. The molecule has 1 aliphatic rings. The Labute approximate surface area is 140 Å². The van der Waals surface area contributed by atoms with Gasteiger partial charge < -0.3 is 15.0 Å². The summed E-state index contributed by atoms with van der Waals surface area (Å²) in [6, 6.07) is 14.5. The number of rotatable bonds is 3. The van der Waals surface area contributed by atoms with Crippen LogP contribution >= 0.6 is 11.6 Å². The molecule has 2 heterocycles. The third kappa shape index (κ3) is 2.60. The molecule has 0 saturated carbocycles. The number of nitrogens with one attached hydrogen (secondary N) is 2. The lowest BCUT2D eigenvalue weighted by Gasteiger charge is -2.25. The SMILES string of the molecule is CCOc1cccc(C2NCCc3c2[nH]c2ccc(Cl)cc32)c1. The van der Waals surface area contributed by atoms with E-state index in [2.05, 4.69) is 40.6 Å². The van der Waals surface area contributed by atoms with Crippen LogP contribution in [-0.2, 0) is 6.42 Å². The Bertz CT molecular complexity index is 856. The van der Waals surface area contributed by atoms with Gasteiger partial charge in [-0.25, -0.2) is 0 Å². The van der Waals surface area contributed by atoms with E-state index < -0.39 is 0 Å². The predicted molar refractivity (Wildman–Crippen MR) is 94.5 cm³/mol. The summed E-state index contributed by atoms with van der Waals surface area (Å²) in [6.07, 6.45) is 1.01. The fraction of sp³-hybridized carbons (Fsp3) is 0.263. The van der Waals surface area contributed by atoms with Crippen molar-refractivity contribution < 1.29 is 4.74 Å². The zero-order valence-corrected chi connectivity index (χ0v) is 13.8. The molecule has 3 nitrogen and oxygen atoms in total. The lowest BCUT2D eigenvalue weighted by atomic mass is 9.94. The van der Waals surface area contributed by atoms with Gasteiger partial charge in [-0.1, -0.05) is 23.7 Å². The van der Waals surface area contributed by atoms with Crippen LogP contribution in [0.1, 0.15) is 29.8 Å². The van der Waals surface area contributed by atoms with Crippen LogP contribution in [-0.4, -0.2) is 18.1 Å². The first-order valence-electron chi connectivity index (χ1n) is 8.02. The van der Waals surface area contributed by atoms with Crippen molar-refractivity contribution in [3.05, 3.63) is 64.3 Å². The summed E-state index contributed by atoms with van der Waals surface area (Å²) in [5.74, 6) is 0.915. The average Bonchev–Trinajstić information content (AvgIpc) is 2.93. The fourth-order valence-corrected chi connectivity index (χ4v) is 3.61. The Morgan fingerprint density at radius 2 is 2.13 bits per heavy atom. The summed E-state index contributed by atoms with van der Waals surface area (Å²) < 4.78 is 5.64. The molecule has 1 atom stereocenters. The molecule has 118 valence electrons. The largest absolute Gasteiger partial charge is 0.494 e. The van der Waals surface area contributed by atoms with Gasteiger partial charge in [0.25, 0.3) is 0 Å². The monoisotopic (exact) mass is 326 g/mol. The van der Waals surface area contributed by atoms with Gasteiger partial charge in [0.15, 0.2) is 0 Å². The molecule has 0 amide bonds. The second kappa shape index (κ2) is 5.91. The molecule has 0 fully saturated rings. The summed E-state index contributed by atoms with van der Waals surface area (Å²) in [7, 11) is 0. The lowest BCUT2D eigenvalue weighted by molar-refractivity contribution is 0.339. The molecular weight excluding hydrogens is 308 g/mol. The van der Waals surface area contributed by atoms with E-state index in [0.29, 0.717) is 6.61 Å². The Hall–Kier alpha value is -1.97. The second-order valence-corrected chi connectivity index (χ2v) is 6.29. The predicted octanol–water partition coefficient (Wildman–Crippen LogP) is 4.46. The molecule has 1 unspecified atom stereocenters. The van der Waals surface area contributed by atoms with E-state index in [1.165, 1.54) is 22.2 Å². The van der Waals surface area contributed by atoms with Crippen molar-refractivity contribution in [1.82, 2.24) is 10.3 Å². The summed E-state index contributed by atoms with van der Waals surface area (Å²) in [4.78, 5) is 3.58. The van der Waals surface area contributed by atoms with Crippen molar-refractivity contribution in [3.63, 3.8) is 0 Å². The number of hydrogen-bond donors (Lipinski definition) is 2. The van der Waals surface area contributed by atoms with Gasteiger partial charge in [-0.05, 0) is 54.8 Å². The molecule has 1 aliphatic heterocycles. The molecule has 2 aromatic carbocycles. The van der Waals surface area contributed by atoms with Crippen LogP contribution in [0.5, 0.6) is 5.75 Å². The highest BCUT2D eigenvalue weighted by molar-refractivity contribution is 6.31. The standard InChI is InChI=1S/C19H19ClN2O/c1-2-23-14-5-3-4-12(10-14)18-19-15(8-9-21-18)16-11-13(20)6-7-17(16)22-19/h3-7,10-11,18,21-22H,2,8-9H2,1H3. The first-order valence-corrected chi connectivity index (χ1v) is 8.40. The molecule has 2 N–H and O–H groups in total. The van der Waals surface area contributed by atoms with Crippen LogP contribution in [0.3, 0.4) is 0 Å². The van der Waals surface area contributed by atoms with Crippen molar-refractivity contribution in [2.24, 2.45) is 0 Å². The number of ether oxygens (including phenoxy) is 1. The van der Waals surface area contributed by atoms with Crippen molar-refractivity contribution >= 4 is 22.5 Å². The van der Waals surface area contributed by atoms with Crippen LogP contribution < -0.4 is 10.1 Å². The Balaban J connectivity index is 1.81. The Morgan fingerprint density at radius 3 is 3.00 bits per heavy atom. The molecule has 0 saturated heterocycles. The minimum absolute atomic E-state index is 0.158. The molecular formula is C19H19ClN2O. The van der Waals surface area contributed by atoms with Gasteiger partial charge in [0.2, 0.25) is 0 Å². The maximum Gasteiger partial charge on any atom is 0.119 e. The normalized spacial score (nSPS) is 17.2. The molecule has 0 spiro atoms. The first-order chi connectivity index (χ1) is 11.3. The average molecular weight is 327 g/mol. The van der Waals surface area contributed by atoms with Gasteiger partial charge in [-0.15, -0.1) is 0 Å². The molecule has 0 radical (unpaired) electrons. The first kappa shape index (κ1) is 14.6. The molecule has 1 aromatic heterocycles. The number of H-pyrrole nitrogens is 1. The Morgan fingerprint density at radius 1 is 1.22 bits per heavy atom. The van der Waals surface area contributed by atoms with Crippen LogP contribution in [0, 0.1) is 0 Å². The third-order valence-electron chi connectivity index (χ3n) is 4.42. The van der Waals surface area contributed by atoms with Crippen LogP contribution in [0.2, 0.25) is 5.02 Å². The highest BCUT2D eigenvalue weighted by Crippen LogP contribution is 2.35. The molecule has 3 aromatic rings. The molecule has 4 rings (SSSR count). The van der Waals surface area contributed by atoms with Gasteiger partial charge >= 0.3 is 0 Å². The number of aromatic nitrogens is 1. The topological polar surface area (TPSA) is 37.0 Å². The van der Waals surface area contributed by atoms with Gasteiger partial charge in [0.05, 0.1) is 12.6 Å². The van der Waals surface area contributed by atoms with E-state index in [1.807, 2.05) is 19.1 Å². The maximum atomic E-state index is 6.18. The lowest BCUT2D eigenvalue weighted by Crippen LogP contribution is -2.30. The zero-order chi connectivity index (χ0) is 15.8. The van der Waals surface area contributed by atoms with E-state index in [4.69, 9.17) is 16.3 Å². The molecule has 4 heteroatoms. The van der Waals surface area contributed by atoms with Crippen LogP contribution in [0.4, 0.5) is 0 Å². The van der Waals surface area contributed by atoms with Crippen molar-refractivity contribution in [2.45, 2.75) is 19.4 Å². The smallest absolute Gasteiger partial charge is 0.119 e.